The number of amides is 2. The summed E-state index contributed by atoms with van der Waals surface area (Å²) in [5.41, 5.74) is 4.59. The third-order valence-electron chi connectivity index (χ3n) is 7.28. The zero-order valence-electron chi connectivity index (χ0n) is 19.1. The first-order chi connectivity index (χ1) is 16.5. The fourth-order valence-corrected chi connectivity index (χ4v) is 5.29. The predicted octanol–water partition coefficient (Wildman–Crippen LogP) is 4.02. The van der Waals surface area contributed by atoms with Gasteiger partial charge in [-0.05, 0) is 47.4 Å². The minimum absolute atomic E-state index is 0.0471. The summed E-state index contributed by atoms with van der Waals surface area (Å²) in [6.45, 7) is 0.910. The average Bonchev–Trinajstić information content (AvgIpc) is 3.62. The van der Waals surface area contributed by atoms with Gasteiger partial charge in [0.15, 0.2) is 0 Å². The molecule has 0 radical (unpaired) electrons. The van der Waals surface area contributed by atoms with Gasteiger partial charge in [0.25, 0.3) is 0 Å². The van der Waals surface area contributed by atoms with Gasteiger partial charge in [-0.15, -0.1) is 0 Å². The number of carbonyl (C=O) groups is 3. The van der Waals surface area contributed by atoms with Crippen molar-refractivity contribution in [3.05, 3.63) is 59.7 Å². The third kappa shape index (κ3) is 4.65. The van der Waals surface area contributed by atoms with Crippen LogP contribution in [0.3, 0.4) is 0 Å². The highest BCUT2D eigenvalue weighted by atomic mass is 16.5. The highest BCUT2D eigenvalue weighted by Crippen LogP contribution is 2.44. The van der Waals surface area contributed by atoms with E-state index in [0.29, 0.717) is 31.7 Å². The zero-order chi connectivity index (χ0) is 23.7. The first kappa shape index (κ1) is 22.4. The van der Waals surface area contributed by atoms with Crippen LogP contribution in [0.25, 0.3) is 11.1 Å². The Labute approximate surface area is 199 Å². The molecule has 5 rings (SSSR count). The number of ether oxygens (including phenoxy) is 1. The molecular weight excluding hydrogens is 432 g/mol. The van der Waals surface area contributed by atoms with Gasteiger partial charge in [0.05, 0.1) is 5.92 Å². The van der Waals surface area contributed by atoms with Crippen molar-refractivity contribution in [1.29, 1.82) is 0 Å². The number of hydrogen-bond acceptors (Lipinski definition) is 4. The highest BCUT2D eigenvalue weighted by molar-refractivity contribution is 5.86. The number of piperidine rings is 1. The maximum absolute atomic E-state index is 13.2. The molecule has 178 valence electrons. The Kier molecular flexibility index (Phi) is 6.26. The maximum Gasteiger partial charge on any atom is 0.407 e. The topological polar surface area (TPSA) is 95.9 Å². The molecule has 1 saturated carbocycles. The molecular formula is C27H30N2O5. The SMILES string of the molecule is O=C(N[C@@H](CC1CC1)C(=O)N1CCC[C@H](C(=O)O)C1)OCC1c2ccccc2-c2ccccc21. The molecule has 0 aromatic heterocycles. The maximum atomic E-state index is 13.2. The largest absolute Gasteiger partial charge is 0.481 e. The van der Waals surface area contributed by atoms with E-state index in [-0.39, 0.29) is 25.0 Å². The van der Waals surface area contributed by atoms with Crippen molar-refractivity contribution in [2.24, 2.45) is 11.8 Å². The molecule has 1 aliphatic heterocycles. The number of carboxylic acid groups (broad SMARTS) is 1. The van der Waals surface area contributed by atoms with Gasteiger partial charge in [0.1, 0.15) is 12.6 Å². The van der Waals surface area contributed by atoms with Gasteiger partial charge in [-0.2, -0.15) is 0 Å². The molecule has 34 heavy (non-hydrogen) atoms. The molecule has 0 spiro atoms. The molecule has 2 aliphatic carbocycles. The Bertz CT molecular complexity index is 1050. The zero-order valence-corrected chi connectivity index (χ0v) is 19.1. The van der Waals surface area contributed by atoms with E-state index in [1.807, 2.05) is 24.3 Å². The molecule has 2 amide bonds. The van der Waals surface area contributed by atoms with Crippen molar-refractivity contribution < 1.29 is 24.2 Å². The molecule has 2 atom stereocenters. The fourth-order valence-electron chi connectivity index (χ4n) is 5.29. The number of likely N-dealkylation sites (tertiary alicyclic amines) is 1. The minimum Gasteiger partial charge on any atom is -0.481 e. The van der Waals surface area contributed by atoms with Crippen molar-refractivity contribution in [3.8, 4) is 11.1 Å². The predicted molar refractivity (Wildman–Crippen MR) is 126 cm³/mol. The van der Waals surface area contributed by atoms with Crippen molar-refractivity contribution in [2.75, 3.05) is 19.7 Å². The molecule has 0 unspecified atom stereocenters. The number of benzene rings is 2. The smallest absolute Gasteiger partial charge is 0.407 e. The molecule has 2 aromatic rings. The average molecular weight is 463 g/mol. The van der Waals surface area contributed by atoms with E-state index in [9.17, 15) is 19.5 Å². The van der Waals surface area contributed by atoms with Crippen LogP contribution in [0.4, 0.5) is 4.79 Å². The lowest BCUT2D eigenvalue weighted by atomic mass is 9.97. The summed E-state index contributed by atoms with van der Waals surface area (Å²) in [6, 6.07) is 15.6. The Balaban J connectivity index is 1.24. The fraction of sp³-hybridized carbons (Fsp3) is 0.444. The van der Waals surface area contributed by atoms with Crippen LogP contribution in [-0.2, 0) is 14.3 Å². The van der Waals surface area contributed by atoms with E-state index in [1.54, 1.807) is 4.90 Å². The van der Waals surface area contributed by atoms with Crippen molar-refractivity contribution in [2.45, 2.75) is 44.1 Å². The second-order valence-corrected chi connectivity index (χ2v) is 9.66. The van der Waals surface area contributed by atoms with Crippen LogP contribution in [-0.4, -0.2) is 53.7 Å². The summed E-state index contributed by atoms with van der Waals surface area (Å²) in [5, 5.41) is 12.2. The van der Waals surface area contributed by atoms with Gasteiger partial charge >= 0.3 is 12.1 Å². The Morgan fingerprint density at radius 2 is 1.65 bits per heavy atom. The summed E-state index contributed by atoms with van der Waals surface area (Å²) in [6.07, 6.45) is 3.29. The van der Waals surface area contributed by atoms with Gasteiger partial charge in [0, 0.05) is 19.0 Å². The summed E-state index contributed by atoms with van der Waals surface area (Å²) in [5.74, 6) is -1.25. The number of aliphatic carboxylic acids is 1. The van der Waals surface area contributed by atoms with Crippen LogP contribution in [0, 0.1) is 11.8 Å². The molecule has 7 nitrogen and oxygen atoms in total. The van der Waals surface area contributed by atoms with Crippen LogP contribution >= 0.6 is 0 Å². The first-order valence-corrected chi connectivity index (χ1v) is 12.1. The number of carbonyl (C=O) groups excluding carboxylic acids is 2. The number of hydrogen-bond donors (Lipinski definition) is 2. The van der Waals surface area contributed by atoms with Gasteiger partial charge in [0.2, 0.25) is 5.91 Å². The van der Waals surface area contributed by atoms with E-state index in [1.165, 1.54) is 0 Å². The van der Waals surface area contributed by atoms with E-state index in [0.717, 1.165) is 35.1 Å². The Morgan fingerprint density at radius 1 is 1.00 bits per heavy atom. The standard InChI is InChI=1S/C27H30N2O5/c30-25(29-13-5-6-18(15-29)26(31)32)24(14-17-11-12-17)28-27(33)34-16-23-21-9-3-1-7-19(21)20-8-2-4-10-22(20)23/h1-4,7-10,17-18,23-24H,5-6,11-16H2,(H,28,33)(H,31,32)/t18-,24-/m0/s1. The van der Waals surface area contributed by atoms with Gasteiger partial charge in [-0.3, -0.25) is 9.59 Å². The monoisotopic (exact) mass is 462 g/mol. The second-order valence-electron chi connectivity index (χ2n) is 9.66. The van der Waals surface area contributed by atoms with Gasteiger partial charge in [-0.25, -0.2) is 4.79 Å². The van der Waals surface area contributed by atoms with Crippen molar-refractivity contribution in [1.82, 2.24) is 10.2 Å². The number of fused-ring (bicyclic) bond motifs is 3. The molecule has 7 heteroatoms. The van der Waals surface area contributed by atoms with Crippen LogP contribution < -0.4 is 5.32 Å². The van der Waals surface area contributed by atoms with Crippen molar-refractivity contribution >= 4 is 18.0 Å². The van der Waals surface area contributed by atoms with Gasteiger partial charge < -0.3 is 20.1 Å². The molecule has 1 heterocycles. The quantitative estimate of drug-likeness (QED) is 0.648. The molecule has 2 fully saturated rings. The van der Waals surface area contributed by atoms with Crippen LogP contribution in [0.5, 0.6) is 0 Å². The van der Waals surface area contributed by atoms with Crippen LogP contribution in [0.15, 0.2) is 48.5 Å². The van der Waals surface area contributed by atoms with E-state index >= 15 is 0 Å². The first-order valence-electron chi connectivity index (χ1n) is 12.1. The van der Waals surface area contributed by atoms with E-state index in [4.69, 9.17) is 4.74 Å². The summed E-state index contributed by atoms with van der Waals surface area (Å²) in [7, 11) is 0. The van der Waals surface area contributed by atoms with Crippen LogP contribution in [0.2, 0.25) is 0 Å². The molecule has 1 saturated heterocycles. The summed E-state index contributed by atoms with van der Waals surface area (Å²) in [4.78, 5) is 39.0. The van der Waals surface area contributed by atoms with E-state index in [2.05, 4.69) is 29.6 Å². The highest BCUT2D eigenvalue weighted by Gasteiger charge is 2.36. The number of nitrogens with one attached hydrogen (secondary N) is 1. The minimum atomic E-state index is -0.874. The lowest BCUT2D eigenvalue weighted by Crippen LogP contribution is -2.52. The molecule has 0 bridgehead atoms. The molecule has 3 aliphatic rings. The van der Waals surface area contributed by atoms with Gasteiger partial charge in [-0.1, -0.05) is 61.4 Å². The number of nitrogens with zero attached hydrogens (tertiary/aromatic N) is 1. The summed E-state index contributed by atoms with van der Waals surface area (Å²) >= 11 is 0. The normalized spacial score (nSPS) is 20.2. The number of alkyl carbamates (subject to hydrolysis) is 1. The Hall–Kier alpha value is -3.35. The second kappa shape index (κ2) is 9.49. The third-order valence-corrected chi connectivity index (χ3v) is 7.28. The molecule has 2 aromatic carbocycles. The molecule has 2 N–H and O–H groups in total. The van der Waals surface area contributed by atoms with E-state index < -0.39 is 24.0 Å². The lowest BCUT2D eigenvalue weighted by molar-refractivity contribution is -0.146. The Morgan fingerprint density at radius 3 is 2.26 bits per heavy atom. The lowest BCUT2D eigenvalue weighted by Gasteiger charge is -2.33. The number of rotatable bonds is 7. The number of carboxylic acids is 1. The summed E-state index contributed by atoms with van der Waals surface area (Å²) < 4.78 is 5.65. The van der Waals surface area contributed by atoms with Crippen molar-refractivity contribution in [3.63, 3.8) is 0 Å². The van der Waals surface area contributed by atoms with Crippen LogP contribution in [0.1, 0.15) is 49.1 Å².